The van der Waals surface area contributed by atoms with E-state index in [9.17, 15) is 0 Å². The third-order valence-corrected chi connectivity index (χ3v) is 4.49. The maximum absolute atomic E-state index is 5.77. The van der Waals surface area contributed by atoms with Gasteiger partial charge in [-0.2, -0.15) is 11.8 Å². The molecule has 0 atom stereocenters. The van der Waals surface area contributed by atoms with Crippen LogP contribution in [0.3, 0.4) is 0 Å². The third-order valence-electron chi connectivity index (χ3n) is 3.55. The maximum Gasteiger partial charge on any atom is 0.126 e. The molecule has 5 heteroatoms. The van der Waals surface area contributed by atoms with E-state index in [0.29, 0.717) is 0 Å². The monoisotopic (exact) mass is 288 g/mol. The first-order valence-electron chi connectivity index (χ1n) is 7.01. The fraction of sp³-hybridized carbons (Fsp3) is 0.400. The van der Waals surface area contributed by atoms with Gasteiger partial charge in [-0.1, -0.05) is 0 Å². The number of nitrogens with one attached hydrogen (secondary N) is 1. The highest BCUT2D eigenvalue weighted by Crippen LogP contribution is 2.17. The molecule has 1 aromatic heterocycles. The van der Waals surface area contributed by atoms with Crippen molar-refractivity contribution >= 4 is 34.2 Å². The summed E-state index contributed by atoms with van der Waals surface area (Å²) in [6.45, 7) is 4.44. The van der Waals surface area contributed by atoms with E-state index in [-0.39, 0.29) is 0 Å². The number of nitrogens with zero attached hydrogens (tertiary/aromatic N) is 2. The Hall–Kier alpha value is -1.46. The number of fused-ring (bicyclic) bond motifs is 1. The number of thioether (sulfide) groups is 1. The summed E-state index contributed by atoms with van der Waals surface area (Å²) in [6.07, 6.45) is 0. The Morgan fingerprint density at radius 2 is 2.05 bits per heavy atom. The Kier molecular flexibility index (Phi) is 4.28. The van der Waals surface area contributed by atoms with Gasteiger partial charge >= 0.3 is 0 Å². The van der Waals surface area contributed by atoms with Crippen LogP contribution in [0.15, 0.2) is 30.3 Å². The first kappa shape index (κ1) is 13.5. The third kappa shape index (κ3) is 3.35. The van der Waals surface area contributed by atoms with Crippen molar-refractivity contribution in [3.63, 3.8) is 0 Å². The molecular weight excluding hydrogens is 268 g/mol. The molecule has 1 aromatic carbocycles. The smallest absolute Gasteiger partial charge is 0.126 e. The summed E-state index contributed by atoms with van der Waals surface area (Å²) in [5.74, 6) is 3.46. The van der Waals surface area contributed by atoms with Gasteiger partial charge in [-0.25, -0.2) is 4.98 Å². The zero-order valence-corrected chi connectivity index (χ0v) is 12.3. The topological polar surface area (TPSA) is 54.2 Å². The average Bonchev–Trinajstić information content (AvgIpc) is 2.48. The van der Waals surface area contributed by atoms with E-state index >= 15 is 0 Å². The number of hydrogen-bond donors (Lipinski definition) is 2. The van der Waals surface area contributed by atoms with Gasteiger partial charge in [-0.15, -0.1) is 0 Å². The number of benzene rings is 1. The molecule has 1 saturated heterocycles. The fourth-order valence-electron chi connectivity index (χ4n) is 2.41. The molecule has 106 valence electrons. The van der Waals surface area contributed by atoms with E-state index in [1.54, 1.807) is 0 Å². The Labute approximate surface area is 123 Å². The predicted octanol–water partition coefficient (Wildman–Crippen LogP) is 2.28. The van der Waals surface area contributed by atoms with Crippen LogP contribution in [0.4, 0.5) is 11.5 Å². The van der Waals surface area contributed by atoms with E-state index in [0.717, 1.165) is 35.5 Å². The van der Waals surface area contributed by atoms with Crippen molar-refractivity contribution in [1.29, 1.82) is 0 Å². The SMILES string of the molecule is Nc1ccc2nc(NCCN3CCSCC3)ccc2c1. The van der Waals surface area contributed by atoms with Gasteiger partial charge in [-0.05, 0) is 30.3 Å². The number of hydrogen-bond acceptors (Lipinski definition) is 5. The minimum absolute atomic E-state index is 0.781. The summed E-state index contributed by atoms with van der Waals surface area (Å²) in [5, 5.41) is 4.49. The number of pyridine rings is 1. The Morgan fingerprint density at radius 3 is 2.90 bits per heavy atom. The summed E-state index contributed by atoms with van der Waals surface area (Å²) in [4.78, 5) is 7.11. The maximum atomic E-state index is 5.77. The highest BCUT2D eigenvalue weighted by atomic mass is 32.2. The summed E-state index contributed by atoms with van der Waals surface area (Å²) in [6, 6.07) is 9.91. The molecular formula is C15H20N4S. The predicted molar refractivity (Wildman–Crippen MR) is 88.4 cm³/mol. The normalized spacial score (nSPS) is 16.4. The molecule has 2 aromatic rings. The van der Waals surface area contributed by atoms with Crippen molar-refractivity contribution in [2.45, 2.75) is 0 Å². The molecule has 3 N–H and O–H groups in total. The molecule has 0 bridgehead atoms. The molecule has 0 radical (unpaired) electrons. The molecule has 1 fully saturated rings. The largest absolute Gasteiger partial charge is 0.399 e. The summed E-state index contributed by atoms with van der Waals surface area (Å²) in [7, 11) is 0. The first-order chi connectivity index (χ1) is 9.81. The van der Waals surface area contributed by atoms with Gasteiger partial charge < -0.3 is 11.1 Å². The molecule has 0 spiro atoms. The van der Waals surface area contributed by atoms with E-state index in [1.807, 2.05) is 36.0 Å². The van der Waals surface area contributed by atoms with Crippen LogP contribution in [0.1, 0.15) is 0 Å². The zero-order chi connectivity index (χ0) is 13.8. The molecule has 2 heterocycles. The molecule has 0 unspecified atom stereocenters. The van der Waals surface area contributed by atoms with Crippen LogP contribution in [0.5, 0.6) is 0 Å². The van der Waals surface area contributed by atoms with Gasteiger partial charge in [0.1, 0.15) is 5.82 Å². The lowest BCUT2D eigenvalue weighted by atomic mass is 10.2. The number of nitrogen functional groups attached to an aromatic ring is 1. The fourth-order valence-corrected chi connectivity index (χ4v) is 3.39. The van der Waals surface area contributed by atoms with Crippen molar-refractivity contribution in [2.75, 3.05) is 48.7 Å². The van der Waals surface area contributed by atoms with E-state index < -0.39 is 0 Å². The van der Waals surface area contributed by atoms with Crippen LogP contribution in [-0.4, -0.2) is 47.6 Å². The van der Waals surface area contributed by atoms with Crippen molar-refractivity contribution in [1.82, 2.24) is 9.88 Å². The highest BCUT2D eigenvalue weighted by Gasteiger charge is 2.09. The van der Waals surface area contributed by atoms with Crippen LogP contribution in [0.25, 0.3) is 10.9 Å². The Morgan fingerprint density at radius 1 is 1.20 bits per heavy atom. The lowest BCUT2D eigenvalue weighted by Gasteiger charge is -2.26. The molecule has 4 nitrogen and oxygen atoms in total. The second-order valence-electron chi connectivity index (χ2n) is 5.03. The van der Waals surface area contributed by atoms with Gasteiger partial charge in [-0.3, -0.25) is 4.90 Å². The van der Waals surface area contributed by atoms with Crippen molar-refractivity contribution in [3.05, 3.63) is 30.3 Å². The van der Waals surface area contributed by atoms with E-state index in [4.69, 9.17) is 5.73 Å². The number of rotatable bonds is 4. The summed E-state index contributed by atoms with van der Waals surface area (Å²) < 4.78 is 0. The van der Waals surface area contributed by atoms with Crippen LogP contribution in [0.2, 0.25) is 0 Å². The first-order valence-corrected chi connectivity index (χ1v) is 8.17. The number of aromatic nitrogens is 1. The van der Waals surface area contributed by atoms with Crippen molar-refractivity contribution < 1.29 is 0 Å². The quantitative estimate of drug-likeness (QED) is 0.845. The number of anilines is 2. The number of nitrogens with two attached hydrogens (primary N) is 1. The van der Waals surface area contributed by atoms with Crippen molar-refractivity contribution in [3.8, 4) is 0 Å². The van der Waals surface area contributed by atoms with Crippen LogP contribution in [0, 0.1) is 0 Å². The van der Waals surface area contributed by atoms with E-state index in [1.165, 1.54) is 24.6 Å². The van der Waals surface area contributed by atoms with Gasteiger partial charge in [0, 0.05) is 48.8 Å². The summed E-state index contributed by atoms with van der Waals surface area (Å²) in [5.41, 5.74) is 7.54. The Balaban J connectivity index is 1.58. The molecule has 0 saturated carbocycles. The summed E-state index contributed by atoms with van der Waals surface area (Å²) >= 11 is 2.05. The highest BCUT2D eigenvalue weighted by molar-refractivity contribution is 7.99. The van der Waals surface area contributed by atoms with Crippen LogP contribution >= 0.6 is 11.8 Å². The minimum Gasteiger partial charge on any atom is -0.399 e. The molecule has 1 aliphatic heterocycles. The second kappa shape index (κ2) is 6.33. The Bertz CT molecular complexity index is 581. The zero-order valence-electron chi connectivity index (χ0n) is 11.5. The van der Waals surface area contributed by atoms with Crippen molar-refractivity contribution in [2.24, 2.45) is 0 Å². The van der Waals surface area contributed by atoms with Crippen LogP contribution < -0.4 is 11.1 Å². The lowest BCUT2D eigenvalue weighted by molar-refractivity contribution is 0.314. The molecule has 1 aliphatic rings. The van der Waals surface area contributed by atoms with Crippen LogP contribution in [-0.2, 0) is 0 Å². The van der Waals surface area contributed by atoms with E-state index in [2.05, 4.69) is 21.3 Å². The van der Waals surface area contributed by atoms with Gasteiger partial charge in [0.25, 0.3) is 0 Å². The molecule has 0 amide bonds. The van der Waals surface area contributed by atoms with Gasteiger partial charge in [0.15, 0.2) is 0 Å². The lowest BCUT2D eigenvalue weighted by Crippen LogP contribution is -2.36. The molecule has 3 rings (SSSR count). The molecule has 20 heavy (non-hydrogen) atoms. The van der Waals surface area contributed by atoms with Gasteiger partial charge in [0.2, 0.25) is 0 Å². The second-order valence-corrected chi connectivity index (χ2v) is 6.25. The standard InChI is InChI=1S/C15H20N4S/c16-13-2-3-14-12(11-13)1-4-15(18-14)17-5-6-19-7-9-20-10-8-19/h1-4,11H,5-10,16H2,(H,17,18). The van der Waals surface area contributed by atoms with Gasteiger partial charge in [0.05, 0.1) is 5.52 Å². The average molecular weight is 288 g/mol. The molecule has 0 aliphatic carbocycles. The minimum atomic E-state index is 0.781.